The zero-order chi connectivity index (χ0) is 31.7. The molecule has 2 aromatic carbocycles. The number of rotatable bonds is 14. The Morgan fingerprint density at radius 1 is 0.800 bits per heavy atom. The van der Waals surface area contributed by atoms with Crippen molar-refractivity contribution in [2.75, 3.05) is 19.7 Å². The first-order valence-electron chi connectivity index (χ1n) is 16.1. The molecule has 0 unspecified atom stereocenters. The van der Waals surface area contributed by atoms with Crippen molar-refractivity contribution in [2.24, 2.45) is 16.6 Å². The quantitative estimate of drug-likeness (QED) is 0.218. The van der Waals surface area contributed by atoms with Gasteiger partial charge >= 0.3 is 0 Å². The molecule has 1 aromatic heterocycles. The third kappa shape index (κ3) is 8.28. The average Bonchev–Trinajstić information content (AvgIpc) is 3.09. The van der Waals surface area contributed by atoms with Crippen LogP contribution in [0.4, 0.5) is 0 Å². The van der Waals surface area contributed by atoms with E-state index in [1.807, 2.05) is 49.4 Å². The van der Waals surface area contributed by atoms with Crippen molar-refractivity contribution in [3.63, 3.8) is 0 Å². The monoisotopic (exact) mass is 611 g/mol. The first kappa shape index (κ1) is 32.2. The van der Waals surface area contributed by atoms with Crippen LogP contribution in [0.25, 0.3) is 0 Å². The van der Waals surface area contributed by atoms with E-state index in [4.69, 9.17) is 10.5 Å². The highest BCUT2D eigenvalue weighted by atomic mass is 16.5. The molecule has 9 nitrogen and oxygen atoms in total. The normalized spacial score (nSPS) is 21.7. The highest BCUT2D eigenvalue weighted by Gasteiger charge is 2.48. The van der Waals surface area contributed by atoms with Crippen LogP contribution in [0.15, 0.2) is 79.1 Å². The lowest BCUT2D eigenvalue weighted by Crippen LogP contribution is -2.56. The summed E-state index contributed by atoms with van der Waals surface area (Å²) in [5, 5.41) is 9.08. The number of amides is 3. The van der Waals surface area contributed by atoms with Crippen LogP contribution in [0, 0.1) is 10.8 Å². The molecule has 1 heterocycles. The molecule has 0 radical (unpaired) electrons. The predicted molar refractivity (Wildman–Crippen MR) is 174 cm³/mol. The Balaban J connectivity index is 1.32. The fraction of sp³-hybridized carbons (Fsp3) is 0.444. The van der Waals surface area contributed by atoms with E-state index in [0.29, 0.717) is 18.7 Å². The lowest BCUT2D eigenvalue weighted by Gasteiger charge is -2.53. The first-order chi connectivity index (χ1) is 21.8. The van der Waals surface area contributed by atoms with Crippen molar-refractivity contribution in [3.8, 4) is 5.75 Å². The van der Waals surface area contributed by atoms with Gasteiger partial charge in [-0.25, -0.2) is 0 Å². The van der Waals surface area contributed by atoms with Gasteiger partial charge in [0.25, 0.3) is 5.91 Å². The van der Waals surface area contributed by atoms with Gasteiger partial charge in [0.1, 0.15) is 17.8 Å². The molecule has 3 aliphatic rings. The predicted octanol–water partition coefficient (Wildman–Crippen LogP) is 3.96. The number of hydrogen-bond acceptors (Lipinski definition) is 6. The number of carbonyl (C=O) groups is 3. The molecule has 2 atom stereocenters. The summed E-state index contributed by atoms with van der Waals surface area (Å²) in [4.78, 5) is 45.1. The highest BCUT2D eigenvalue weighted by Crippen LogP contribution is 2.56. The third-order valence-electron chi connectivity index (χ3n) is 9.76. The molecule has 5 N–H and O–H groups in total. The second kappa shape index (κ2) is 14.7. The van der Waals surface area contributed by atoms with Crippen molar-refractivity contribution in [2.45, 2.75) is 70.4 Å². The van der Waals surface area contributed by atoms with Crippen LogP contribution in [0.2, 0.25) is 0 Å². The Kier molecular flexibility index (Phi) is 10.5. The summed E-state index contributed by atoms with van der Waals surface area (Å²) in [5.74, 6) is -0.305. The van der Waals surface area contributed by atoms with Gasteiger partial charge in [-0.1, -0.05) is 36.4 Å². The summed E-state index contributed by atoms with van der Waals surface area (Å²) in [5.41, 5.74) is 8.58. The number of ether oxygens (including phenoxy) is 1. The van der Waals surface area contributed by atoms with E-state index < -0.39 is 18.0 Å². The minimum Gasteiger partial charge on any atom is -0.494 e. The van der Waals surface area contributed by atoms with Crippen LogP contribution < -0.4 is 26.4 Å². The van der Waals surface area contributed by atoms with Crippen LogP contribution >= 0.6 is 0 Å². The molecule has 3 aromatic rings. The molecule has 6 rings (SSSR count). The van der Waals surface area contributed by atoms with Gasteiger partial charge in [0.15, 0.2) is 0 Å². The number of pyridine rings is 1. The van der Waals surface area contributed by atoms with E-state index in [9.17, 15) is 14.4 Å². The molecule has 0 spiro atoms. The number of nitrogens with two attached hydrogens (primary N) is 1. The maximum atomic E-state index is 13.9. The van der Waals surface area contributed by atoms with E-state index in [0.717, 1.165) is 61.9 Å². The van der Waals surface area contributed by atoms with Gasteiger partial charge in [0.2, 0.25) is 11.8 Å². The van der Waals surface area contributed by atoms with Crippen LogP contribution in [0.1, 0.15) is 66.9 Å². The number of aromatic nitrogens is 1. The van der Waals surface area contributed by atoms with Gasteiger partial charge in [-0.15, -0.1) is 0 Å². The summed E-state index contributed by atoms with van der Waals surface area (Å²) < 4.78 is 5.56. The summed E-state index contributed by atoms with van der Waals surface area (Å²) in [6, 6.07) is 18.2. The maximum Gasteiger partial charge on any atom is 0.251 e. The minimum atomic E-state index is -0.917. The molecule has 45 heavy (non-hydrogen) atoms. The topological polar surface area (TPSA) is 135 Å². The Morgan fingerprint density at radius 2 is 1.44 bits per heavy atom. The molecular weight excluding hydrogens is 566 g/mol. The van der Waals surface area contributed by atoms with Crippen molar-refractivity contribution >= 4 is 17.7 Å². The summed E-state index contributed by atoms with van der Waals surface area (Å²) in [7, 11) is 0. The molecule has 3 amide bonds. The third-order valence-corrected chi connectivity index (χ3v) is 9.76. The van der Waals surface area contributed by atoms with E-state index >= 15 is 0 Å². The lowest BCUT2D eigenvalue weighted by molar-refractivity contribution is -0.130. The van der Waals surface area contributed by atoms with E-state index in [2.05, 4.69) is 20.9 Å². The minimum absolute atomic E-state index is 0.0787. The van der Waals surface area contributed by atoms with Crippen molar-refractivity contribution < 1.29 is 19.1 Å². The molecule has 2 bridgehead atoms. The average molecular weight is 612 g/mol. The Hall–Kier alpha value is -4.24. The number of fused-ring (bicyclic) bond motifs is 3. The molecule has 3 aliphatic carbocycles. The molecular formula is C36H45N5O4. The Morgan fingerprint density at radius 3 is 2.07 bits per heavy atom. The smallest absolute Gasteiger partial charge is 0.251 e. The van der Waals surface area contributed by atoms with Crippen molar-refractivity contribution in [3.05, 3.63) is 95.8 Å². The van der Waals surface area contributed by atoms with Gasteiger partial charge in [-0.2, -0.15) is 0 Å². The number of carbonyl (C=O) groups excluding carboxylic acids is 3. The van der Waals surface area contributed by atoms with Gasteiger partial charge in [0.05, 0.1) is 6.61 Å². The lowest BCUT2D eigenvalue weighted by atomic mass is 9.54. The fourth-order valence-corrected chi connectivity index (χ4v) is 6.71. The number of benzene rings is 2. The molecule has 9 heteroatoms. The van der Waals surface area contributed by atoms with E-state index in [-0.39, 0.29) is 35.5 Å². The Labute approximate surface area is 265 Å². The summed E-state index contributed by atoms with van der Waals surface area (Å²) >= 11 is 0. The standard InChI is InChI=1S/C36H45N5O4/c1-2-45-29-12-10-26(11-13-29)21-31(40-32(42)28-8-4-3-5-9-28)34(44)41-30(22-27-7-6-20-38-23-27)33(43)39-25-36-17-14-35(24-37,15-18-36)16-19-36/h3-13,20,23,30-31H,2,14-19,21-22,24-25,37H2,1H3,(H,39,43)(H,40,42)(H,41,44)/t30-,31+,35?,36?/m0/s1. The highest BCUT2D eigenvalue weighted by molar-refractivity contribution is 5.98. The Bertz CT molecular complexity index is 1410. The van der Waals surface area contributed by atoms with Gasteiger partial charge in [0, 0.05) is 37.3 Å². The molecule has 3 saturated carbocycles. The van der Waals surface area contributed by atoms with Crippen LogP contribution in [-0.2, 0) is 22.4 Å². The number of nitrogens with one attached hydrogen (secondary N) is 3. The van der Waals surface area contributed by atoms with Gasteiger partial charge < -0.3 is 26.4 Å². The number of hydrogen-bond donors (Lipinski definition) is 4. The maximum absolute atomic E-state index is 13.9. The zero-order valence-corrected chi connectivity index (χ0v) is 26.1. The second-order valence-electron chi connectivity index (χ2n) is 12.7. The second-order valence-corrected chi connectivity index (χ2v) is 12.7. The molecule has 3 fully saturated rings. The van der Waals surface area contributed by atoms with Crippen LogP contribution in [-0.4, -0.2) is 54.5 Å². The largest absolute Gasteiger partial charge is 0.494 e. The summed E-state index contributed by atoms with van der Waals surface area (Å²) in [6.07, 6.45) is 10.4. The molecule has 238 valence electrons. The summed E-state index contributed by atoms with van der Waals surface area (Å²) in [6.45, 7) is 3.77. The van der Waals surface area contributed by atoms with E-state index in [1.165, 1.54) is 0 Å². The number of nitrogens with zero attached hydrogens (tertiary/aromatic N) is 1. The van der Waals surface area contributed by atoms with Crippen LogP contribution in [0.5, 0.6) is 5.75 Å². The van der Waals surface area contributed by atoms with Crippen molar-refractivity contribution in [1.82, 2.24) is 20.9 Å². The van der Waals surface area contributed by atoms with Gasteiger partial charge in [-0.3, -0.25) is 19.4 Å². The first-order valence-corrected chi connectivity index (χ1v) is 16.1. The van der Waals surface area contributed by atoms with Crippen LogP contribution in [0.3, 0.4) is 0 Å². The fourth-order valence-electron chi connectivity index (χ4n) is 6.71. The SMILES string of the molecule is CCOc1ccc(C[C@@H](NC(=O)c2ccccc2)C(=O)N[C@@H](Cc2cccnc2)C(=O)NCC23CCC(CN)(CC2)CC3)cc1. The van der Waals surface area contributed by atoms with Crippen molar-refractivity contribution in [1.29, 1.82) is 0 Å². The molecule has 0 saturated heterocycles. The van der Waals surface area contributed by atoms with Gasteiger partial charge in [-0.05, 0) is 104 Å². The molecule has 0 aliphatic heterocycles. The zero-order valence-electron chi connectivity index (χ0n) is 26.1. The van der Waals surface area contributed by atoms with E-state index in [1.54, 1.807) is 36.7 Å².